The van der Waals surface area contributed by atoms with Crippen molar-refractivity contribution in [2.75, 3.05) is 0 Å². The van der Waals surface area contributed by atoms with E-state index in [-0.39, 0.29) is 11.9 Å². The van der Waals surface area contributed by atoms with Crippen molar-refractivity contribution in [3.63, 3.8) is 0 Å². The van der Waals surface area contributed by atoms with Crippen LogP contribution in [-0.2, 0) is 4.79 Å². The summed E-state index contributed by atoms with van der Waals surface area (Å²) < 4.78 is 0. The van der Waals surface area contributed by atoms with E-state index in [0.717, 1.165) is 12.8 Å². The van der Waals surface area contributed by atoms with Gasteiger partial charge in [-0.1, -0.05) is 12.8 Å². The Morgan fingerprint density at radius 2 is 1.93 bits per heavy atom. The fourth-order valence-corrected chi connectivity index (χ4v) is 1.75. The molecule has 5 heteroatoms. The van der Waals surface area contributed by atoms with Gasteiger partial charge in [0, 0.05) is 6.04 Å². The van der Waals surface area contributed by atoms with Crippen LogP contribution in [0.4, 0.5) is 4.79 Å². The first-order valence-electron chi connectivity index (χ1n) is 4.96. The van der Waals surface area contributed by atoms with Gasteiger partial charge in [0.2, 0.25) is 5.91 Å². The lowest BCUT2D eigenvalue weighted by atomic mass is 10.2. The molecule has 3 amide bonds. The standard InChI is InChI=1S/C9H17N3O2/c1-6(8(13)12-9(10)14)11-7-4-2-3-5-7/h6-7,11H,2-5H2,1H3,(H3,10,12,13,14). The number of urea groups is 1. The van der Waals surface area contributed by atoms with E-state index in [2.05, 4.69) is 10.6 Å². The van der Waals surface area contributed by atoms with Gasteiger partial charge in [-0.2, -0.15) is 0 Å². The highest BCUT2D eigenvalue weighted by molar-refractivity contribution is 5.96. The highest BCUT2D eigenvalue weighted by Gasteiger charge is 2.21. The minimum Gasteiger partial charge on any atom is -0.351 e. The van der Waals surface area contributed by atoms with Crippen molar-refractivity contribution >= 4 is 11.9 Å². The molecule has 0 aliphatic heterocycles. The lowest BCUT2D eigenvalue weighted by Crippen LogP contribution is -2.48. The molecule has 4 N–H and O–H groups in total. The van der Waals surface area contributed by atoms with E-state index in [9.17, 15) is 9.59 Å². The number of carbonyl (C=O) groups is 2. The number of rotatable bonds is 3. The third kappa shape index (κ3) is 3.33. The third-order valence-electron chi connectivity index (χ3n) is 2.48. The summed E-state index contributed by atoms with van der Waals surface area (Å²) in [6.45, 7) is 1.73. The van der Waals surface area contributed by atoms with E-state index in [1.807, 2.05) is 0 Å². The molecule has 0 heterocycles. The Labute approximate surface area is 83.4 Å². The maximum absolute atomic E-state index is 11.3. The molecule has 0 saturated heterocycles. The zero-order valence-corrected chi connectivity index (χ0v) is 8.38. The van der Waals surface area contributed by atoms with Crippen molar-refractivity contribution in [2.24, 2.45) is 5.73 Å². The summed E-state index contributed by atoms with van der Waals surface area (Å²) in [5, 5.41) is 5.22. The molecule has 0 aromatic carbocycles. The Balaban J connectivity index is 2.29. The summed E-state index contributed by atoms with van der Waals surface area (Å²) in [6.07, 6.45) is 4.63. The normalized spacial score (nSPS) is 19.2. The predicted molar refractivity (Wildman–Crippen MR) is 52.6 cm³/mol. The van der Waals surface area contributed by atoms with E-state index >= 15 is 0 Å². The van der Waals surface area contributed by atoms with Gasteiger partial charge in [0.1, 0.15) is 0 Å². The second-order valence-corrected chi connectivity index (χ2v) is 3.72. The number of imide groups is 1. The van der Waals surface area contributed by atoms with Gasteiger partial charge < -0.3 is 11.1 Å². The molecule has 1 rings (SSSR count). The average molecular weight is 199 g/mol. The molecule has 1 saturated carbocycles. The van der Waals surface area contributed by atoms with E-state index < -0.39 is 6.03 Å². The molecule has 1 atom stereocenters. The summed E-state index contributed by atoms with van der Waals surface area (Å²) in [7, 11) is 0. The van der Waals surface area contributed by atoms with E-state index in [4.69, 9.17) is 5.73 Å². The van der Waals surface area contributed by atoms with E-state index in [1.54, 1.807) is 6.92 Å². The number of hydrogen-bond donors (Lipinski definition) is 3. The molecule has 1 aliphatic carbocycles. The van der Waals surface area contributed by atoms with E-state index in [1.165, 1.54) is 12.8 Å². The first-order valence-corrected chi connectivity index (χ1v) is 4.96. The number of carbonyl (C=O) groups excluding carboxylic acids is 2. The molecule has 5 nitrogen and oxygen atoms in total. The molecule has 1 aliphatic rings. The van der Waals surface area contributed by atoms with Crippen LogP contribution in [0, 0.1) is 0 Å². The van der Waals surface area contributed by atoms with Gasteiger partial charge in [-0.3, -0.25) is 10.1 Å². The molecule has 0 spiro atoms. The second kappa shape index (κ2) is 4.95. The smallest absolute Gasteiger partial charge is 0.318 e. The van der Waals surface area contributed by atoms with Crippen LogP contribution >= 0.6 is 0 Å². The molecular formula is C9H17N3O2. The van der Waals surface area contributed by atoms with Crippen LogP contribution in [0.15, 0.2) is 0 Å². The summed E-state index contributed by atoms with van der Waals surface area (Å²) in [5.74, 6) is -0.357. The molecule has 0 radical (unpaired) electrons. The molecule has 14 heavy (non-hydrogen) atoms. The van der Waals surface area contributed by atoms with Gasteiger partial charge in [0.15, 0.2) is 0 Å². The van der Waals surface area contributed by atoms with Crippen molar-refractivity contribution in [3.8, 4) is 0 Å². The van der Waals surface area contributed by atoms with Gasteiger partial charge in [0.25, 0.3) is 0 Å². The van der Waals surface area contributed by atoms with Crippen molar-refractivity contribution in [1.29, 1.82) is 0 Å². The zero-order valence-electron chi connectivity index (χ0n) is 8.38. The number of nitrogens with two attached hydrogens (primary N) is 1. The molecule has 1 fully saturated rings. The summed E-state index contributed by atoms with van der Waals surface area (Å²) in [4.78, 5) is 21.7. The maximum Gasteiger partial charge on any atom is 0.318 e. The van der Waals surface area contributed by atoms with Gasteiger partial charge in [0.05, 0.1) is 6.04 Å². The van der Waals surface area contributed by atoms with Crippen molar-refractivity contribution in [2.45, 2.75) is 44.7 Å². The fourth-order valence-electron chi connectivity index (χ4n) is 1.75. The van der Waals surface area contributed by atoms with Gasteiger partial charge in [-0.25, -0.2) is 4.79 Å². The number of primary amides is 1. The molecule has 0 aromatic rings. The van der Waals surface area contributed by atoms with Crippen LogP contribution in [0.3, 0.4) is 0 Å². The fraction of sp³-hybridized carbons (Fsp3) is 0.778. The lowest BCUT2D eigenvalue weighted by molar-refractivity contribution is -0.121. The Morgan fingerprint density at radius 3 is 2.43 bits per heavy atom. The van der Waals surface area contributed by atoms with Crippen LogP contribution < -0.4 is 16.4 Å². The first kappa shape index (κ1) is 11.0. The third-order valence-corrected chi connectivity index (χ3v) is 2.48. The summed E-state index contributed by atoms with van der Waals surface area (Å²) >= 11 is 0. The van der Waals surface area contributed by atoms with Gasteiger partial charge >= 0.3 is 6.03 Å². The molecule has 1 unspecified atom stereocenters. The highest BCUT2D eigenvalue weighted by Crippen LogP contribution is 2.17. The zero-order chi connectivity index (χ0) is 10.6. The Kier molecular flexibility index (Phi) is 3.88. The average Bonchev–Trinajstić information content (AvgIpc) is 2.55. The predicted octanol–water partition coefficient (Wildman–Crippen LogP) is 0.102. The summed E-state index contributed by atoms with van der Waals surface area (Å²) in [6, 6.07) is -0.746. The van der Waals surface area contributed by atoms with Crippen molar-refractivity contribution < 1.29 is 9.59 Å². The highest BCUT2D eigenvalue weighted by atomic mass is 16.2. The maximum atomic E-state index is 11.3. The largest absolute Gasteiger partial charge is 0.351 e. The molecular weight excluding hydrogens is 182 g/mol. The minimum atomic E-state index is -0.796. The van der Waals surface area contributed by atoms with Crippen LogP contribution in [-0.4, -0.2) is 24.0 Å². The SMILES string of the molecule is CC(NC1CCCC1)C(=O)NC(N)=O. The Hall–Kier alpha value is -1.10. The minimum absolute atomic E-state index is 0.356. The Bertz CT molecular complexity index is 224. The van der Waals surface area contributed by atoms with Crippen LogP contribution in [0.5, 0.6) is 0 Å². The van der Waals surface area contributed by atoms with Crippen molar-refractivity contribution in [1.82, 2.24) is 10.6 Å². The first-order chi connectivity index (χ1) is 6.59. The molecule has 80 valence electrons. The van der Waals surface area contributed by atoms with E-state index in [0.29, 0.717) is 6.04 Å². The van der Waals surface area contributed by atoms with Gasteiger partial charge in [-0.15, -0.1) is 0 Å². The van der Waals surface area contributed by atoms with Crippen LogP contribution in [0.1, 0.15) is 32.6 Å². The quantitative estimate of drug-likeness (QED) is 0.602. The van der Waals surface area contributed by atoms with Crippen LogP contribution in [0.25, 0.3) is 0 Å². The molecule has 0 aromatic heterocycles. The Morgan fingerprint density at radius 1 is 1.36 bits per heavy atom. The number of hydrogen-bond acceptors (Lipinski definition) is 3. The second-order valence-electron chi connectivity index (χ2n) is 3.72. The summed E-state index contributed by atoms with van der Waals surface area (Å²) in [5.41, 5.74) is 4.84. The topological polar surface area (TPSA) is 84.2 Å². The number of amides is 3. The molecule has 0 bridgehead atoms. The van der Waals surface area contributed by atoms with Gasteiger partial charge in [-0.05, 0) is 19.8 Å². The lowest BCUT2D eigenvalue weighted by Gasteiger charge is -2.17. The van der Waals surface area contributed by atoms with Crippen molar-refractivity contribution in [3.05, 3.63) is 0 Å². The van der Waals surface area contributed by atoms with Crippen LogP contribution in [0.2, 0.25) is 0 Å². The monoisotopic (exact) mass is 199 g/mol. The number of nitrogens with one attached hydrogen (secondary N) is 2.